The van der Waals surface area contributed by atoms with Crippen molar-refractivity contribution in [2.75, 3.05) is 11.4 Å². The smallest absolute Gasteiger partial charge is 0.410 e. The van der Waals surface area contributed by atoms with Crippen molar-refractivity contribution in [1.82, 2.24) is 0 Å². The zero-order chi connectivity index (χ0) is 15.7. The fourth-order valence-electron chi connectivity index (χ4n) is 2.33. The van der Waals surface area contributed by atoms with E-state index in [0.717, 1.165) is 22.1 Å². The van der Waals surface area contributed by atoms with Gasteiger partial charge in [0.25, 0.3) is 5.69 Å². The van der Waals surface area contributed by atoms with Gasteiger partial charge >= 0.3 is 6.09 Å². The number of carbonyl (C=O) groups excluding carboxylic acids is 1. The molecule has 0 N–H and O–H groups in total. The van der Waals surface area contributed by atoms with Crippen LogP contribution >= 0.6 is 15.9 Å². The Hall–Kier alpha value is -2.41. The number of amides is 1. The highest BCUT2D eigenvalue weighted by molar-refractivity contribution is 9.10. The van der Waals surface area contributed by atoms with Crippen LogP contribution in [-0.2, 0) is 6.42 Å². The van der Waals surface area contributed by atoms with E-state index in [4.69, 9.17) is 4.74 Å². The molecule has 22 heavy (non-hydrogen) atoms. The lowest BCUT2D eigenvalue weighted by molar-refractivity contribution is -0.384. The molecule has 2 aromatic rings. The van der Waals surface area contributed by atoms with Crippen LogP contribution in [-0.4, -0.2) is 17.6 Å². The van der Waals surface area contributed by atoms with Crippen LogP contribution in [0.1, 0.15) is 5.56 Å². The largest absolute Gasteiger partial charge is 0.419 e. The molecule has 0 aromatic heterocycles. The summed E-state index contributed by atoms with van der Waals surface area (Å²) in [5.41, 5.74) is 1.86. The molecule has 0 unspecified atom stereocenters. The van der Waals surface area contributed by atoms with Crippen LogP contribution in [0, 0.1) is 10.1 Å². The maximum Gasteiger partial charge on any atom is 0.419 e. The third-order valence-electron chi connectivity index (χ3n) is 3.42. The first-order chi connectivity index (χ1) is 10.5. The molecule has 0 fully saturated rings. The molecule has 1 amide bonds. The molecule has 112 valence electrons. The number of benzene rings is 2. The van der Waals surface area contributed by atoms with Crippen molar-refractivity contribution < 1.29 is 14.5 Å². The lowest BCUT2D eigenvalue weighted by Crippen LogP contribution is -2.31. The summed E-state index contributed by atoms with van der Waals surface area (Å²) < 4.78 is 6.17. The highest BCUT2D eigenvalue weighted by atomic mass is 79.9. The average Bonchev–Trinajstić information content (AvgIpc) is 2.90. The molecule has 6 nitrogen and oxygen atoms in total. The van der Waals surface area contributed by atoms with Crippen LogP contribution in [0.25, 0.3) is 0 Å². The highest BCUT2D eigenvalue weighted by Gasteiger charge is 2.26. The molecule has 0 spiro atoms. The number of rotatable bonds is 2. The van der Waals surface area contributed by atoms with Crippen LogP contribution in [0.5, 0.6) is 5.75 Å². The summed E-state index contributed by atoms with van der Waals surface area (Å²) in [6, 6.07) is 11.2. The number of ether oxygens (including phenoxy) is 1. The first kappa shape index (κ1) is 14.5. The molecular formula is C15H11BrN2O4. The summed E-state index contributed by atoms with van der Waals surface area (Å²) >= 11 is 3.39. The minimum Gasteiger partial charge on any atom is -0.410 e. The van der Waals surface area contributed by atoms with Crippen molar-refractivity contribution in [3.05, 3.63) is 62.6 Å². The molecule has 0 saturated carbocycles. The van der Waals surface area contributed by atoms with Gasteiger partial charge in [-0.2, -0.15) is 0 Å². The topological polar surface area (TPSA) is 72.7 Å². The van der Waals surface area contributed by atoms with Gasteiger partial charge in [0.15, 0.2) is 0 Å². The zero-order valence-electron chi connectivity index (χ0n) is 11.4. The number of non-ortho nitro benzene ring substituents is 1. The van der Waals surface area contributed by atoms with E-state index in [2.05, 4.69) is 15.9 Å². The Bertz CT molecular complexity index is 746. The molecule has 0 saturated heterocycles. The van der Waals surface area contributed by atoms with Crippen molar-refractivity contribution in [1.29, 1.82) is 0 Å². The second-order valence-electron chi connectivity index (χ2n) is 4.79. The molecule has 1 heterocycles. The third kappa shape index (κ3) is 2.80. The predicted octanol–water partition coefficient (Wildman–Crippen LogP) is 3.92. The number of nitrogens with zero attached hydrogens (tertiary/aromatic N) is 2. The van der Waals surface area contributed by atoms with Crippen molar-refractivity contribution in [2.45, 2.75) is 6.42 Å². The number of halogens is 1. The van der Waals surface area contributed by atoms with Gasteiger partial charge in [0.1, 0.15) is 5.75 Å². The Balaban J connectivity index is 1.76. The van der Waals surface area contributed by atoms with E-state index in [1.54, 1.807) is 4.90 Å². The Morgan fingerprint density at radius 3 is 2.64 bits per heavy atom. The van der Waals surface area contributed by atoms with E-state index in [9.17, 15) is 14.9 Å². The highest BCUT2D eigenvalue weighted by Crippen LogP contribution is 2.31. The Kier molecular flexibility index (Phi) is 3.81. The monoisotopic (exact) mass is 362 g/mol. The van der Waals surface area contributed by atoms with Crippen LogP contribution in [0.3, 0.4) is 0 Å². The van der Waals surface area contributed by atoms with Crippen molar-refractivity contribution in [3.8, 4) is 5.75 Å². The van der Waals surface area contributed by atoms with Gasteiger partial charge in [-0.3, -0.25) is 15.0 Å². The number of nitro benzene ring substituents is 1. The molecule has 2 aromatic carbocycles. The SMILES string of the molecule is O=C(Oc1ccc([N+](=O)[O-])cc1)N1CCc2ccc(Br)cc21. The van der Waals surface area contributed by atoms with Gasteiger partial charge in [0, 0.05) is 23.2 Å². The van der Waals surface area contributed by atoms with Gasteiger partial charge in [-0.25, -0.2) is 4.79 Å². The maximum absolute atomic E-state index is 12.3. The summed E-state index contributed by atoms with van der Waals surface area (Å²) in [5, 5.41) is 10.6. The molecule has 0 aliphatic carbocycles. The zero-order valence-corrected chi connectivity index (χ0v) is 12.9. The first-order valence-corrected chi connectivity index (χ1v) is 7.36. The predicted molar refractivity (Wildman–Crippen MR) is 84.3 cm³/mol. The molecule has 7 heteroatoms. The van der Waals surface area contributed by atoms with E-state index in [-0.39, 0.29) is 11.4 Å². The summed E-state index contributed by atoms with van der Waals surface area (Å²) in [5.74, 6) is 0.277. The van der Waals surface area contributed by atoms with Gasteiger partial charge in [0.05, 0.1) is 10.6 Å². The minimum atomic E-state index is -0.500. The molecule has 1 aliphatic rings. The first-order valence-electron chi connectivity index (χ1n) is 6.57. The van der Waals surface area contributed by atoms with Gasteiger partial charge in [-0.05, 0) is 36.2 Å². The van der Waals surface area contributed by atoms with Crippen molar-refractivity contribution >= 4 is 33.4 Å². The van der Waals surface area contributed by atoms with Crippen molar-refractivity contribution in [3.63, 3.8) is 0 Å². The van der Waals surface area contributed by atoms with Gasteiger partial charge in [0.2, 0.25) is 0 Å². The van der Waals surface area contributed by atoms with E-state index in [0.29, 0.717) is 6.54 Å². The average molecular weight is 363 g/mol. The summed E-state index contributed by atoms with van der Waals surface area (Å²) in [7, 11) is 0. The second kappa shape index (κ2) is 5.76. The number of carbonyl (C=O) groups is 1. The number of fused-ring (bicyclic) bond motifs is 1. The standard InChI is InChI=1S/C15H11BrN2O4/c16-11-2-1-10-7-8-17(14(10)9-11)15(19)22-13-5-3-12(4-6-13)18(20)21/h1-6,9H,7-8H2. The molecule has 1 aliphatic heterocycles. The van der Waals surface area contributed by atoms with Gasteiger partial charge in [-0.1, -0.05) is 22.0 Å². The van der Waals surface area contributed by atoms with Crippen molar-refractivity contribution in [2.24, 2.45) is 0 Å². The fraction of sp³-hybridized carbons (Fsp3) is 0.133. The third-order valence-corrected chi connectivity index (χ3v) is 3.91. The molecule has 0 atom stereocenters. The van der Waals surface area contributed by atoms with E-state index < -0.39 is 11.0 Å². The fourth-order valence-corrected chi connectivity index (χ4v) is 2.68. The summed E-state index contributed by atoms with van der Waals surface area (Å²) in [6.45, 7) is 0.553. The normalized spacial score (nSPS) is 12.9. The van der Waals surface area contributed by atoms with Gasteiger partial charge in [-0.15, -0.1) is 0 Å². The molecular weight excluding hydrogens is 352 g/mol. The quantitative estimate of drug-likeness (QED) is 0.599. The van der Waals surface area contributed by atoms with E-state index in [1.807, 2.05) is 18.2 Å². The van der Waals surface area contributed by atoms with Crippen LogP contribution in [0.4, 0.5) is 16.2 Å². The minimum absolute atomic E-state index is 0.0461. The Morgan fingerprint density at radius 2 is 1.95 bits per heavy atom. The van der Waals surface area contributed by atoms with Crippen LogP contribution < -0.4 is 9.64 Å². The van der Waals surface area contributed by atoms with Crippen LogP contribution in [0.2, 0.25) is 0 Å². The number of nitro groups is 1. The maximum atomic E-state index is 12.3. The lowest BCUT2D eigenvalue weighted by Gasteiger charge is -2.17. The van der Waals surface area contributed by atoms with E-state index in [1.165, 1.54) is 24.3 Å². The summed E-state index contributed by atoms with van der Waals surface area (Å²) in [4.78, 5) is 23.9. The second-order valence-corrected chi connectivity index (χ2v) is 5.71. The molecule has 0 radical (unpaired) electrons. The van der Waals surface area contributed by atoms with E-state index >= 15 is 0 Å². The lowest BCUT2D eigenvalue weighted by atomic mass is 10.2. The Labute approximate surface area is 134 Å². The molecule has 3 rings (SSSR count). The number of hydrogen-bond donors (Lipinski definition) is 0. The summed E-state index contributed by atoms with van der Waals surface area (Å²) in [6.07, 6.45) is 0.281. The number of anilines is 1. The number of hydrogen-bond acceptors (Lipinski definition) is 4. The Morgan fingerprint density at radius 1 is 1.23 bits per heavy atom. The van der Waals surface area contributed by atoms with Crippen LogP contribution in [0.15, 0.2) is 46.9 Å². The van der Waals surface area contributed by atoms with Gasteiger partial charge < -0.3 is 4.74 Å². The molecule has 0 bridgehead atoms.